The third kappa shape index (κ3) is 6.06. The predicted octanol–water partition coefficient (Wildman–Crippen LogP) is 2.96. The summed E-state index contributed by atoms with van der Waals surface area (Å²) in [6, 6.07) is 7.41. The third-order valence-electron chi connectivity index (χ3n) is 4.22. The molecule has 0 aliphatic carbocycles. The van der Waals surface area contributed by atoms with Gasteiger partial charge >= 0.3 is 12.1 Å². The Hall–Kier alpha value is -2.40. The quantitative estimate of drug-likeness (QED) is 0.497. The smallest absolute Gasteiger partial charge is 0.398 e. The number of rotatable bonds is 9. The molecule has 1 aromatic heterocycles. The maximum Gasteiger partial charge on any atom is 0.398 e. The van der Waals surface area contributed by atoms with Crippen molar-refractivity contribution in [1.82, 2.24) is 9.97 Å². The highest BCUT2D eigenvalue weighted by atomic mass is 32.2. The van der Waals surface area contributed by atoms with Gasteiger partial charge in [-0.3, -0.25) is 9.57 Å². The predicted molar refractivity (Wildman–Crippen MR) is 98.3 cm³/mol. The SMILES string of the molecule is N=S(=O)(CCC(c1ncc(-c2ccccc2)[nH]1)C(F)(F)F)CC[C@H](N)C(=O)O. The first-order valence-corrected chi connectivity index (χ1v) is 10.3. The molecule has 1 aromatic carbocycles. The summed E-state index contributed by atoms with van der Waals surface area (Å²) in [6.07, 6.45) is -4.19. The number of aromatic amines is 1. The standard InChI is InChI=1S/C17H21F3N4O3S/c18-17(19,20)12(6-8-28(22,27)9-7-13(21)16(25)26)15-23-10-14(24-15)11-4-2-1-3-5-11/h1-5,10,12-13,22H,6-9,21H2,(H,23,24)(H,25,26)/t12?,13-,28?/m0/s1. The van der Waals surface area contributed by atoms with E-state index in [1.165, 1.54) is 6.20 Å². The molecule has 0 fully saturated rings. The fourth-order valence-electron chi connectivity index (χ4n) is 2.58. The van der Waals surface area contributed by atoms with Gasteiger partial charge in [-0.25, -0.2) is 9.19 Å². The van der Waals surface area contributed by atoms with E-state index in [-0.39, 0.29) is 18.0 Å². The molecule has 0 aliphatic rings. The number of nitrogens with one attached hydrogen (secondary N) is 2. The molecule has 0 spiro atoms. The Labute approximate surface area is 160 Å². The van der Waals surface area contributed by atoms with Gasteiger partial charge in [0.2, 0.25) is 0 Å². The Morgan fingerprint density at radius 3 is 2.43 bits per heavy atom. The van der Waals surface area contributed by atoms with Crippen molar-refractivity contribution < 1.29 is 27.3 Å². The zero-order valence-electron chi connectivity index (χ0n) is 14.8. The lowest BCUT2D eigenvalue weighted by Crippen LogP contribution is -2.32. The number of carbonyl (C=O) groups is 1. The summed E-state index contributed by atoms with van der Waals surface area (Å²) in [4.78, 5) is 17.2. The minimum Gasteiger partial charge on any atom is -0.480 e. The number of carboxylic acids is 1. The van der Waals surface area contributed by atoms with Crippen LogP contribution in [0.25, 0.3) is 11.3 Å². The monoisotopic (exact) mass is 418 g/mol. The van der Waals surface area contributed by atoms with Crippen molar-refractivity contribution in [3.05, 3.63) is 42.4 Å². The van der Waals surface area contributed by atoms with E-state index in [1.54, 1.807) is 30.3 Å². The van der Waals surface area contributed by atoms with Crippen LogP contribution in [0.2, 0.25) is 0 Å². The van der Waals surface area contributed by atoms with Gasteiger partial charge in [-0.2, -0.15) is 13.2 Å². The van der Waals surface area contributed by atoms with E-state index in [0.717, 1.165) is 0 Å². The molecule has 3 atom stereocenters. The number of nitrogens with zero attached hydrogens (tertiary/aromatic N) is 1. The maximum absolute atomic E-state index is 13.5. The molecule has 2 aromatic rings. The lowest BCUT2D eigenvalue weighted by Gasteiger charge is -2.19. The molecular formula is C17H21F3N4O3S. The number of aliphatic carboxylic acids is 1. The molecule has 0 amide bonds. The van der Waals surface area contributed by atoms with Gasteiger partial charge in [-0.15, -0.1) is 0 Å². The first-order chi connectivity index (χ1) is 13.0. The largest absolute Gasteiger partial charge is 0.480 e. The zero-order chi connectivity index (χ0) is 20.9. The van der Waals surface area contributed by atoms with E-state index in [1.807, 2.05) is 0 Å². The number of H-pyrrole nitrogens is 1. The van der Waals surface area contributed by atoms with Crippen LogP contribution >= 0.6 is 0 Å². The molecule has 0 bridgehead atoms. The fourth-order valence-corrected chi connectivity index (χ4v) is 4.04. The van der Waals surface area contributed by atoms with Crippen LogP contribution in [0.1, 0.15) is 24.6 Å². The summed E-state index contributed by atoms with van der Waals surface area (Å²) < 4.78 is 60.5. The van der Waals surface area contributed by atoms with Crippen LogP contribution in [-0.2, 0) is 14.5 Å². The second kappa shape index (κ2) is 8.74. The Kier molecular flexibility index (Phi) is 6.83. The molecule has 2 rings (SSSR count). The second-order valence-electron chi connectivity index (χ2n) is 6.38. The Morgan fingerprint density at radius 2 is 1.86 bits per heavy atom. The van der Waals surface area contributed by atoms with Crippen LogP contribution in [0.3, 0.4) is 0 Å². The lowest BCUT2D eigenvalue weighted by molar-refractivity contribution is -0.152. The van der Waals surface area contributed by atoms with Gasteiger partial charge in [0.1, 0.15) is 17.8 Å². The van der Waals surface area contributed by atoms with Crippen LogP contribution in [0.15, 0.2) is 36.5 Å². The topological polar surface area (TPSA) is 133 Å². The molecular weight excluding hydrogens is 397 g/mol. The van der Waals surface area contributed by atoms with E-state index in [0.29, 0.717) is 11.3 Å². The number of benzene rings is 1. The zero-order valence-corrected chi connectivity index (χ0v) is 15.6. The highest BCUT2D eigenvalue weighted by molar-refractivity contribution is 7.92. The van der Waals surface area contributed by atoms with Crippen molar-refractivity contribution in [3.8, 4) is 11.3 Å². The Bertz CT molecular complexity index is 898. The van der Waals surface area contributed by atoms with Crippen molar-refractivity contribution in [2.24, 2.45) is 5.73 Å². The van der Waals surface area contributed by atoms with Crippen molar-refractivity contribution in [1.29, 1.82) is 4.78 Å². The highest BCUT2D eigenvalue weighted by Gasteiger charge is 2.42. The van der Waals surface area contributed by atoms with E-state index in [9.17, 15) is 22.2 Å². The third-order valence-corrected chi connectivity index (χ3v) is 6.01. The molecule has 154 valence electrons. The molecule has 0 radical (unpaired) electrons. The average molecular weight is 418 g/mol. The van der Waals surface area contributed by atoms with Crippen molar-refractivity contribution in [2.75, 3.05) is 11.5 Å². The second-order valence-corrected chi connectivity index (χ2v) is 8.82. The molecule has 11 heteroatoms. The molecule has 0 aliphatic heterocycles. The lowest BCUT2D eigenvalue weighted by atomic mass is 10.1. The van der Waals surface area contributed by atoms with Gasteiger partial charge in [0, 0.05) is 21.2 Å². The summed E-state index contributed by atoms with van der Waals surface area (Å²) in [5.74, 6) is -4.55. The fraction of sp³-hybridized carbons (Fsp3) is 0.412. The van der Waals surface area contributed by atoms with E-state index in [4.69, 9.17) is 15.6 Å². The number of alkyl halides is 3. The number of hydrogen-bond donors (Lipinski definition) is 4. The minimum absolute atomic E-state index is 0.243. The molecule has 2 unspecified atom stereocenters. The van der Waals surface area contributed by atoms with E-state index >= 15 is 0 Å². The van der Waals surface area contributed by atoms with E-state index in [2.05, 4.69) is 9.97 Å². The Morgan fingerprint density at radius 1 is 1.25 bits per heavy atom. The summed E-state index contributed by atoms with van der Waals surface area (Å²) >= 11 is 0. The van der Waals surface area contributed by atoms with Crippen molar-refractivity contribution >= 4 is 15.7 Å². The highest BCUT2D eigenvalue weighted by Crippen LogP contribution is 2.37. The van der Waals surface area contributed by atoms with Gasteiger partial charge in [0.05, 0.1) is 11.9 Å². The van der Waals surface area contributed by atoms with Gasteiger partial charge in [0.25, 0.3) is 0 Å². The summed E-state index contributed by atoms with van der Waals surface area (Å²) in [5.41, 5.74) is 6.39. The normalized spacial score (nSPS) is 16.3. The van der Waals surface area contributed by atoms with E-state index < -0.39 is 46.0 Å². The van der Waals surface area contributed by atoms with Gasteiger partial charge < -0.3 is 15.8 Å². The summed E-state index contributed by atoms with van der Waals surface area (Å²) in [5, 5.41) is 8.71. The van der Waals surface area contributed by atoms with Crippen LogP contribution in [0.5, 0.6) is 0 Å². The number of carboxylic acid groups (broad SMARTS) is 1. The van der Waals surface area contributed by atoms with Crippen molar-refractivity contribution in [2.45, 2.75) is 31.0 Å². The van der Waals surface area contributed by atoms with Crippen LogP contribution in [-0.4, -0.2) is 49.0 Å². The summed E-state index contributed by atoms with van der Waals surface area (Å²) in [7, 11) is -3.40. The first-order valence-electron chi connectivity index (χ1n) is 8.39. The molecule has 7 nitrogen and oxygen atoms in total. The molecule has 0 saturated heterocycles. The summed E-state index contributed by atoms with van der Waals surface area (Å²) in [6.45, 7) is 0. The Balaban J connectivity index is 2.11. The molecule has 0 saturated carbocycles. The van der Waals surface area contributed by atoms with Crippen LogP contribution < -0.4 is 5.73 Å². The molecule has 28 heavy (non-hydrogen) atoms. The molecule has 5 N–H and O–H groups in total. The van der Waals surface area contributed by atoms with Crippen molar-refractivity contribution in [3.63, 3.8) is 0 Å². The number of halogens is 3. The van der Waals surface area contributed by atoms with Crippen LogP contribution in [0.4, 0.5) is 13.2 Å². The van der Waals surface area contributed by atoms with Gasteiger partial charge in [-0.1, -0.05) is 30.3 Å². The maximum atomic E-state index is 13.5. The van der Waals surface area contributed by atoms with Gasteiger partial charge in [0.15, 0.2) is 0 Å². The van der Waals surface area contributed by atoms with Gasteiger partial charge in [-0.05, 0) is 18.4 Å². The average Bonchev–Trinajstić information content (AvgIpc) is 3.09. The number of imidazole rings is 1. The number of hydrogen-bond acceptors (Lipinski definition) is 5. The molecule has 1 heterocycles. The first kappa shape index (κ1) is 21.9. The van der Waals surface area contributed by atoms with Crippen LogP contribution in [0, 0.1) is 4.78 Å². The number of aromatic nitrogens is 2. The number of nitrogens with two attached hydrogens (primary N) is 1. The minimum atomic E-state index is -4.64.